The number of nitrogens with zero attached hydrogens (tertiary/aromatic N) is 2. The van der Waals surface area contributed by atoms with Gasteiger partial charge in [0, 0.05) is 23.3 Å². The number of hydrogen-bond acceptors (Lipinski definition) is 3. The smallest absolute Gasteiger partial charge is 0.104 e. The molecule has 0 radical (unpaired) electrons. The fraction of sp³-hybridized carbons (Fsp3) is 0.0588. The summed E-state index contributed by atoms with van der Waals surface area (Å²) in [6, 6.07) is 9.65. The molecule has 0 bridgehead atoms. The van der Waals surface area contributed by atoms with E-state index in [4.69, 9.17) is 5.11 Å². The average molecular weight is 275 g/mol. The second-order valence-electron chi connectivity index (χ2n) is 4.45. The number of benzene rings is 1. The second-order valence-corrected chi connectivity index (χ2v) is 4.45. The first-order chi connectivity index (χ1) is 10.4. The number of aliphatic hydroxyl groups excluding tert-OH is 1. The molecule has 0 amide bonds. The van der Waals surface area contributed by atoms with E-state index in [-0.39, 0.29) is 6.61 Å². The Balaban J connectivity index is 1.97. The fourth-order valence-corrected chi connectivity index (χ4v) is 2.03. The summed E-state index contributed by atoms with van der Waals surface area (Å²) < 4.78 is 0. The third-order valence-corrected chi connectivity index (χ3v) is 3.02. The number of H-pyrrole nitrogens is 1. The van der Waals surface area contributed by atoms with Crippen LogP contribution >= 0.6 is 0 Å². The van der Waals surface area contributed by atoms with E-state index in [0.29, 0.717) is 0 Å². The summed E-state index contributed by atoms with van der Waals surface area (Å²) in [7, 11) is 0. The lowest BCUT2D eigenvalue weighted by atomic mass is 10.1. The Hall–Kier alpha value is -2.90. The van der Waals surface area contributed by atoms with Crippen LogP contribution in [0.3, 0.4) is 0 Å². The summed E-state index contributed by atoms with van der Waals surface area (Å²) in [6.07, 6.45) is 7.49. The molecule has 0 fully saturated rings. The van der Waals surface area contributed by atoms with Gasteiger partial charge in [0.15, 0.2) is 0 Å². The van der Waals surface area contributed by atoms with Gasteiger partial charge in [-0.15, -0.1) is 0 Å². The predicted octanol–water partition coefficient (Wildman–Crippen LogP) is 2.47. The fourth-order valence-electron chi connectivity index (χ4n) is 2.03. The van der Waals surface area contributed by atoms with Crippen molar-refractivity contribution in [3.8, 4) is 11.8 Å². The zero-order chi connectivity index (χ0) is 14.5. The van der Waals surface area contributed by atoms with E-state index >= 15 is 0 Å². The monoisotopic (exact) mass is 275 g/mol. The van der Waals surface area contributed by atoms with Crippen LogP contribution in [-0.2, 0) is 0 Å². The van der Waals surface area contributed by atoms with Crippen molar-refractivity contribution in [2.75, 3.05) is 6.61 Å². The minimum Gasteiger partial charge on any atom is -0.384 e. The quantitative estimate of drug-likeness (QED) is 0.706. The van der Waals surface area contributed by atoms with Crippen LogP contribution in [0.25, 0.3) is 23.1 Å². The number of aromatic amines is 1. The zero-order valence-corrected chi connectivity index (χ0v) is 11.2. The predicted molar refractivity (Wildman–Crippen MR) is 83.2 cm³/mol. The number of aromatic nitrogens is 3. The first-order valence-corrected chi connectivity index (χ1v) is 6.53. The molecule has 4 nitrogen and oxygen atoms in total. The summed E-state index contributed by atoms with van der Waals surface area (Å²) in [5.41, 5.74) is 3.68. The molecular formula is C17H13N3O. The van der Waals surface area contributed by atoms with E-state index < -0.39 is 0 Å². The lowest BCUT2D eigenvalue weighted by Gasteiger charge is -1.94. The van der Waals surface area contributed by atoms with Crippen LogP contribution in [-0.4, -0.2) is 26.9 Å². The Labute approximate surface area is 122 Å². The molecule has 0 aliphatic carbocycles. The number of hydrogen-bond donors (Lipinski definition) is 2. The highest BCUT2D eigenvalue weighted by molar-refractivity contribution is 5.90. The van der Waals surface area contributed by atoms with Gasteiger partial charge >= 0.3 is 0 Å². The van der Waals surface area contributed by atoms with Crippen LogP contribution in [0.2, 0.25) is 0 Å². The van der Waals surface area contributed by atoms with Crippen molar-refractivity contribution in [1.29, 1.82) is 0 Å². The maximum absolute atomic E-state index is 8.76. The highest BCUT2D eigenvalue weighted by Gasteiger charge is 2.03. The van der Waals surface area contributed by atoms with E-state index in [1.54, 1.807) is 12.4 Å². The Morgan fingerprint density at radius 3 is 3.00 bits per heavy atom. The Morgan fingerprint density at radius 1 is 1.24 bits per heavy atom. The molecule has 2 heterocycles. The number of rotatable bonds is 2. The maximum Gasteiger partial charge on any atom is 0.104 e. The summed E-state index contributed by atoms with van der Waals surface area (Å²) in [4.78, 5) is 4.08. The largest absolute Gasteiger partial charge is 0.384 e. The molecule has 102 valence electrons. The number of aliphatic hydroxyl groups is 1. The van der Waals surface area contributed by atoms with Gasteiger partial charge in [-0.3, -0.25) is 10.1 Å². The summed E-state index contributed by atoms with van der Waals surface area (Å²) in [6.45, 7) is -0.142. The minimum atomic E-state index is -0.142. The van der Waals surface area contributed by atoms with Crippen molar-refractivity contribution >= 4 is 23.1 Å². The third kappa shape index (κ3) is 2.99. The van der Waals surface area contributed by atoms with Gasteiger partial charge in [-0.05, 0) is 35.9 Å². The SMILES string of the molecule is OCC#Cc1ccc2n[nH]c(C=Cc3cccnc3)c2c1. The first-order valence-electron chi connectivity index (χ1n) is 6.53. The van der Waals surface area contributed by atoms with E-state index in [9.17, 15) is 0 Å². The van der Waals surface area contributed by atoms with E-state index in [2.05, 4.69) is 27.0 Å². The number of nitrogens with one attached hydrogen (secondary N) is 1. The van der Waals surface area contributed by atoms with Crippen molar-refractivity contribution in [1.82, 2.24) is 15.2 Å². The van der Waals surface area contributed by atoms with Crippen LogP contribution in [0.1, 0.15) is 16.8 Å². The van der Waals surface area contributed by atoms with Crippen molar-refractivity contribution in [3.63, 3.8) is 0 Å². The Kier molecular flexibility index (Phi) is 3.77. The molecule has 0 spiro atoms. The standard InChI is InChI=1S/C17H13N3O/c21-10-2-4-13-5-7-16-15(11-13)17(20-19-16)8-6-14-3-1-9-18-12-14/h1,3,5-9,11-12,21H,10H2,(H,19,20). The van der Waals surface area contributed by atoms with Gasteiger partial charge in [0.05, 0.1) is 11.2 Å². The molecule has 4 heteroatoms. The summed E-state index contributed by atoms with van der Waals surface area (Å²) in [5.74, 6) is 5.55. The molecular weight excluding hydrogens is 262 g/mol. The maximum atomic E-state index is 8.76. The van der Waals surface area contributed by atoms with E-state index in [0.717, 1.165) is 27.7 Å². The minimum absolute atomic E-state index is 0.142. The van der Waals surface area contributed by atoms with E-state index in [1.807, 2.05) is 42.5 Å². The first kappa shape index (κ1) is 13.1. The lowest BCUT2D eigenvalue weighted by molar-refractivity contribution is 0.350. The van der Waals surface area contributed by atoms with Crippen molar-refractivity contribution in [3.05, 3.63) is 59.5 Å². The average Bonchev–Trinajstić information content (AvgIpc) is 2.94. The summed E-state index contributed by atoms with van der Waals surface area (Å²) >= 11 is 0. The van der Waals surface area contributed by atoms with Gasteiger partial charge in [0.25, 0.3) is 0 Å². The molecule has 3 rings (SSSR count). The Bertz CT molecular complexity index is 839. The lowest BCUT2D eigenvalue weighted by Crippen LogP contribution is -1.78. The Morgan fingerprint density at radius 2 is 2.19 bits per heavy atom. The van der Waals surface area contributed by atoms with Crippen LogP contribution in [0.4, 0.5) is 0 Å². The highest BCUT2D eigenvalue weighted by Crippen LogP contribution is 2.19. The molecule has 0 aliphatic heterocycles. The molecule has 3 aromatic rings. The van der Waals surface area contributed by atoms with Gasteiger partial charge in [0.1, 0.15) is 6.61 Å². The molecule has 21 heavy (non-hydrogen) atoms. The van der Waals surface area contributed by atoms with Crippen molar-refractivity contribution < 1.29 is 5.11 Å². The number of fused-ring (bicyclic) bond motifs is 1. The van der Waals surface area contributed by atoms with Gasteiger partial charge in [-0.2, -0.15) is 5.10 Å². The molecule has 0 atom stereocenters. The molecule has 2 aromatic heterocycles. The van der Waals surface area contributed by atoms with Crippen LogP contribution < -0.4 is 0 Å². The normalized spacial score (nSPS) is 10.7. The van der Waals surface area contributed by atoms with Gasteiger partial charge in [0.2, 0.25) is 0 Å². The van der Waals surface area contributed by atoms with E-state index in [1.165, 1.54) is 0 Å². The van der Waals surface area contributed by atoms with Gasteiger partial charge < -0.3 is 5.11 Å². The highest BCUT2D eigenvalue weighted by atomic mass is 16.2. The van der Waals surface area contributed by atoms with Crippen molar-refractivity contribution in [2.45, 2.75) is 0 Å². The summed E-state index contributed by atoms with van der Waals surface area (Å²) in [5, 5.41) is 17.0. The van der Waals surface area contributed by atoms with Crippen LogP contribution in [0, 0.1) is 11.8 Å². The topological polar surface area (TPSA) is 61.8 Å². The third-order valence-electron chi connectivity index (χ3n) is 3.02. The van der Waals surface area contributed by atoms with Crippen LogP contribution in [0.5, 0.6) is 0 Å². The molecule has 1 aromatic carbocycles. The molecule has 0 saturated heterocycles. The number of pyridine rings is 1. The molecule has 0 aliphatic rings. The molecule has 0 saturated carbocycles. The van der Waals surface area contributed by atoms with Gasteiger partial charge in [-0.25, -0.2) is 0 Å². The van der Waals surface area contributed by atoms with Gasteiger partial charge in [-0.1, -0.05) is 24.0 Å². The van der Waals surface area contributed by atoms with Crippen molar-refractivity contribution in [2.24, 2.45) is 0 Å². The zero-order valence-electron chi connectivity index (χ0n) is 11.2. The second kappa shape index (κ2) is 6.04. The molecule has 0 unspecified atom stereocenters. The molecule has 2 N–H and O–H groups in total. The van der Waals surface area contributed by atoms with Crippen LogP contribution in [0.15, 0.2) is 42.7 Å².